The summed E-state index contributed by atoms with van der Waals surface area (Å²) < 4.78 is 51.6. The highest BCUT2D eigenvalue weighted by molar-refractivity contribution is 6.07. The number of rotatable bonds is 7. The fraction of sp³-hybridized carbons (Fsp3) is 0.0769. The van der Waals surface area contributed by atoms with E-state index in [0.29, 0.717) is 11.3 Å². The van der Waals surface area contributed by atoms with E-state index in [4.69, 9.17) is 9.15 Å². The number of aryl methyl sites for hydroxylation is 1. The maximum Gasteiger partial charge on any atom is 0.416 e. The average molecular weight is 615 g/mol. The lowest BCUT2D eigenvalue weighted by Gasteiger charge is -2.25. The van der Waals surface area contributed by atoms with Crippen LogP contribution in [-0.4, -0.2) is 7.05 Å². The zero-order valence-electron chi connectivity index (χ0n) is 25.1. The lowest BCUT2D eigenvalue weighted by molar-refractivity contribution is -0.137. The molecule has 1 aromatic heterocycles. The number of hydrogen-bond acceptors (Lipinski definition) is 4. The lowest BCUT2D eigenvalue weighted by atomic mass is 10.1. The Morgan fingerprint density at radius 1 is 0.543 bits per heavy atom. The van der Waals surface area contributed by atoms with Gasteiger partial charge in [-0.3, -0.25) is 0 Å². The Morgan fingerprint density at radius 2 is 1.04 bits per heavy atom. The van der Waals surface area contributed by atoms with Crippen LogP contribution in [0.2, 0.25) is 0 Å². The van der Waals surface area contributed by atoms with Crippen LogP contribution in [0.15, 0.2) is 144 Å². The van der Waals surface area contributed by atoms with Gasteiger partial charge in [-0.15, -0.1) is 0 Å². The zero-order valence-corrected chi connectivity index (χ0v) is 25.1. The van der Waals surface area contributed by atoms with Crippen molar-refractivity contribution in [3.8, 4) is 11.5 Å². The van der Waals surface area contributed by atoms with Crippen molar-refractivity contribution < 1.29 is 22.3 Å². The van der Waals surface area contributed by atoms with E-state index in [-0.39, 0.29) is 0 Å². The van der Waals surface area contributed by atoms with Gasteiger partial charge in [0.25, 0.3) is 0 Å². The molecule has 7 rings (SSSR count). The first-order valence-corrected chi connectivity index (χ1v) is 14.8. The lowest BCUT2D eigenvalue weighted by Crippen LogP contribution is -2.10. The summed E-state index contributed by atoms with van der Waals surface area (Å²) in [5, 5.41) is 1.92. The summed E-state index contributed by atoms with van der Waals surface area (Å²) in [6.45, 7) is 2.04. The molecule has 0 fully saturated rings. The molecule has 0 N–H and O–H groups in total. The van der Waals surface area contributed by atoms with Gasteiger partial charge in [-0.05, 0) is 104 Å². The van der Waals surface area contributed by atoms with Gasteiger partial charge >= 0.3 is 6.18 Å². The molecule has 0 saturated heterocycles. The molecule has 228 valence electrons. The van der Waals surface area contributed by atoms with Gasteiger partial charge in [0.05, 0.1) is 5.56 Å². The minimum Gasteiger partial charge on any atom is -0.457 e. The Morgan fingerprint density at radius 3 is 1.65 bits per heavy atom. The summed E-state index contributed by atoms with van der Waals surface area (Å²) in [6, 6.07) is 43.2. The molecule has 0 aliphatic rings. The van der Waals surface area contributed by atoms with E-state index in [1.807, 2.05) is 110 Å². The highest BCUT2D eigenvalue weighted by Gasteiger charge is 2.30. The molecule has 7 heteroatoms. The molecule has 1 heterocycles. The van der Waals surface area contributed by atoms with E-state index >= 15 is 0 Å². The Kier molecular flexibility index (Phi) is 7.37. The number of nitrogens with zero attached hydrogens (tertiary/aromatic N) is 2. The minimum absolute atomic E-state index is 0.638. The van der Waals surface area contributed by atoms with Gasteiger partial charge in [0.2, 0.25) is 0 Å². The number of benzene rings is 6. The molecule has 0 amide bonds. The van der Waals surface area contributed by atoms with Crippen LogP contribution in [0.1, 0.15) is 11.1 Å². The largest absolute Gasteiger partial charge is 0.457 e. The smallest absolute Gasteiger partial charge is 0.416 e. The SMILES string of the molecule is Cc1ccc(Oc2ccc(N(c3ccccc3)c3ccc4c(c3)oc3cc(N(C)c5ccc(C(F)(F)F)cc5)ccc34)cc2)cc1. The van der Waals surface area contributed by atoms with Crippen LogP contribution in [0.25, 0.3) is 21.9 Å². The Labute approximate surface area is 264 Å². The highest BCUT2D eigenvalue weighted by Crippen LogP contribution is 2.40. The number of anilines is 5. The van der Waals surface area contributed by atoms with E-state index in [0.717, 1.165) is 62.7 Å². The predicted octanol–water partition coefficient (Wildman–Crippen LogP) is 11.9. The van der Waals surface area contributed by atoms with Crippen molar-refractivity contribution in [1.82, 2.24) is 0 Å². The number of hydrogen-bond donors (Lipinski definition) is 0. The van der Waals surface area contributed by atoms with Gasteiger partial charge in [-0.2, -0.15) is 13.2 Å². The molecule has 4 nitrogen and oxygen atoms in total. The molecule has 0 unspecified atom stereocenters. The van der Waals surface area contributed by atoms with E-state index < -0.39 is 11.7 Å². The number of furan rings is 1. The summed E-state index contributed by atoms with van der Waals surface area (Å²) in [5.41, 5.74) is 6.22. The number of para-hydroxylation sites is 1. The van der Waals surface area contributed by atoms with Crippen molar-refractivity contribution in [3.63, 3.8) is 0 Å². The van der Waals surface area contributed by atoms with Crippen LogP contribution in [-0.2, 0) is 6.18 Å². The topological polar surface area (TPSA) is 28.9 Å². The molecule has 0 spiro atoms. The standard InChI is InChI=1S/C39H29F3N2O2/c1-26-8-18-33(19-9-26)45-34-20-14-30(15-21-34)44(29-6-4-3-5-7-29)32-17-23-36-35-22-16-31(24-37(35)46-38(36)25-32)43(2)28-12-10-27(11-13-28)39(40,41)42/h3-25H,1-2H3. The van der Waals surface area contributed by atoms with Crippen LogP contribution in [0.4, 0.5) is 41.6 Å². The molecule has 0 atom stereocenters. The van der Waals surface area contributed by atoms with E-state index in [2.05, 4.69) is 29.2 Å². The molecule has 0 radical (unpaired) electrons. The van der Waals surface area contributed by atoms with Gasteiger partial charge in [-0.1, -0.05) is 35.9 Å². The van der Waals surface area contributed by atoms with Crippen molar-refractivity contribution in [1.29, 1.82) is 0 Å². The number of halogens is 3. The number of fused-ring (bicyclic) bond motifs is 3. The summed E-state index contributed by atoms with van der Waals surface area (Å²) in [7, 11) is 1.82. The van der Waals surface area contributed by atoms with E-state index in [1.165, 1.54) is 17.7 Å². The molecule has 7 aromatic rings. The fourth-order valence-electron chi connectivity index (χ4n) is 5.56. The van der Waals surface area contributed by atoms with E-state index in [1.54, 1.807) is 0 Å². The van der Waals surface area contributed by atoms with Crippen molar-refractivity contribution in [3.05, 3.63) is 151 Å². The third-order valence-corrected chi connectivity index (χ3v) is 8.03. The van der Waals surface area contributed by atoms with Gasteiger partial charge in [0, 0.05) is 58.4 Å². The van der Waals surface area contributed by atoms with Crippen molar-refractivity contribution in [2.75, 3.05) is 16.8 Å². The fourth-order valence-corrected chi connectivity index (χ4v) is 5.56. The molecule has 0 saturated carbocycles. The second-order valence-corrected chi connectivity index (χ2v) is 11.1. The maximum absolute atomic E-state index is 13.1. The molecule has 6 aromatic carbocycles. The van der Waals surface area contributed by atoms with Crippen LogP contribution < -0.4 is 14.5 Å². The first-order valence-electron chi connectivity index (χ1n) is 14.8. The zero-order chi connectivity index (χ0) is 31.8. The summed E-state index contributed by atoms with van der Waals surface area (Å²) in [5.74, 6) is 1.52. The Bertz CT molecular complexity index is 2120. The first kappa shape index (κ1) is 29.0. The van der Waals surface area contributed by atoms with Crippen molar-refractivity contribution in [2.24, 2.45) is 0 Å². The van der Waals surface area contributed by atoms with Crippen LogP contribution in [0.3, 0.4) is 0 Å². The third-order valence-electron chi connectivity index (χ3n) is 8.03. The molecule has 0 aliphatic heterocycles. The predicted molar refractivity (Wildman–Crippen MR) is 179 cm³/mol. The van der Waals surface area contributed by atoms with Crippen LogP contribution in [0, 0.1) is 6.92 Å². The molecule has 0 bridgehead atoms. The monoisotopic (exact) mass is 614 g/mol. The Hall–Kier alpha value is -5.69. The number of ether oxygens (including phenoxy) is 1. The third kappa shape index (κ3) is 5.75. The minimum atomic E-state index is -4.38. The van der Waals surface area contributed by atoms with Crippen LogP contribution >= 0.6 is 0 Å². The summed E-state index contributed by atoms with van der Waals surface area (Å²) in [4.78, 5) is 3.99. The highest BCUT2D eigenvalue weighted by atomic mass is 19.4. The van der Waals surface area contributed by atoms with Crippen molar-refractivity contribution >= 4 is 50.4 Å². The van der Waals surface area contributed by atoms with Gasteiger partial charge < -0.3 is 19.0 Å². The van der Waals surface area contributed by atoms with Crippen molar-refractivity contribution in [2.45, 2.75) is 13.1 Å². The molecule has 0 aliphatic carbocycles. The second kappa shape index (κ2) is 11.7. The van der Waals surface area contributed by atoms with Gasteiger partial charge in [0.15, 0.2) is 0 Å². The quantitative estimate of drug-likeness (QED) is 0.179. The van der Waals surface area contributed by atoms with E-state index in [9.17, 15) is 13.2 Å². The number of alkyl halides is 3. The maximum atomic E-state index is 13.1. The average Bonchev–Trinajstić information content (AvgIpc) is 3.44. The van der Waals surface area contributed by atoms with Gasteiger partial charge in [0.1, 0.15) is 22.7 Å². The first-order chi connectivity index (χ1) is 22.2. The second-order valence-electron chi connectivity index (χ2n) is 11.1. The molecule has 46 heavy (non-hydrogen) atoms. The van der Waals surface area contributed by atoms with Gasteiger partial charge in [-0.25, -0.2) is 0 Å². The normalized spacial score (nSPS) is 11.6. The van der Waals surface area contributed by atoms with Crippen LogP contribution in [0.5, 0.6) is 11.5 Å². The summed E-state index contributed by atoms with van der Waals surface area (Å²) in [6.07, 6.45) is -4.38. The Balaban J connectivity index is 1.21. The molecular formula is C39H29F3N2O2. The summed E-state index contributed by atoms with van der Waals surface area (Å²) >= 11 is 0. The molecular weight excluding hydrogens is 585 g/mol.